The Kier molecular flexibility index (Phi) is 3.80. The van der Waals surface area contributed by atoms with E-state index in [0.717, 1.165) is 10.5 Å². The van der Waals surface area contributed by atoms with Crippen molar-refractivity contribution in [1.82, 2.24) is 9.78 Å². The molecular weight excluding hydrogens is 312 g/mol. The van der Waals surface area contributed by atoms with Gasteiger partial charge >= 0.3 is 5.97 Å². The summed E-state index contributed by atoms with van der Waals surface area (Å²) in [7, 11) is 0. The summed E-state index contributed by atoms with van der Waals surface area (Å²) in [5, 5.41) is 13.1. The summed E-state index contributed by atoms with van der Waals surface area (Å²) >= 11 is 3.31. The van der Waals surface area contributed by atoms with Crippen molar-refractivity contribution in [3.63, 3.8) is 0 Å². The summed E-state index contributed by atoms with van der Waals surface area (Å²) in [6, 6.07) is 8.16. The first-order valence-corrected chi connectivity index (χ1v) is 6.44. The molecule has 19 heavy (non-hydrogen) atoms. The molecule has 98 valence electrons. The fourth-order valence-corrected chi connectivity index (χ4v) is 1.97. The average molecular weight is 323 g/mol. The van der Waals surface area contributed by atoms with E-state index in [1.165, 1.54) is 4.68 Å². The van der Waals surface area contributed by atoms with Crippen LogP contribution in [0.1, 0.15) is 23.0 Å². The number of rotatable bonds is 3. The van der Waals surface area contributed by atoms with Gasteiger partial charge < -0.3 is 5.11 Å². The number of halogens is 1. The molecule has 1 aromatic heterocycles. The van der Waals surface area contributed by atoms with Gasteiger partial charge in [-0.15, -0.1) is 0 Å². The molecule has 0 saturated carbocycles. The minimum atomic E-state index is -1.13. The van der Waals surface area contributed by atoms with Gasteiger partial charge in [0, 0.05) is 10.5 Å². The lowest BCUT2D eigenvalue weighted by Gasteiger charge is -2.08. The minimum absolute atomic E-state index is 0.0409. The highest BCUT2D eigenvalue weighted by Crippen LogP contribution is 2.13. The van der Waals surface area contributed by atoms with Crippen LogP contribution in [0.3, 0.4) is 0 Å². The van der Waals surface area contributed by atoms with Crippen molar-refractivity contribution in [2.75, 3.05) is 0 Å². The predicted molar refractivity (Wildman–Crippen MR) is 73.9 cm³/mol. The summed E-state index contributed by atoms with van der Waals surface area (Å²) in [4.78, 5) is 23.0. The van der Waals surface area contributed by atoms with E-state index in [4.69, 9.17) is 5.11 Å². The van der Waals surface area contributed by atoms with Crippen LogP contribution in [-0.4, -0.2) is 20.9 Å². The zero-order chi connectivity index (χ0) is 14.0. The number of aromatic carboxylic acids is 1. The van der Waals surface area contributed by atoms with E-state index in [1.54, 1.807) is 31.2 Å². The summed E-state index contributed by atoms with van der Waals surface area (Å²) in [6.45, 7) is 1.80. The molecule has 0 unspecified atom stereocenters. The Labute approximate surface area is 117 Å². The molecular formula is C13H11BrN2O3. The van der Waals surface area contributed by atoms with Gasteiger partial charge in [-0.3, -0.25) is 4.79 Å². The molecule has 1 N–H and O–H groups in total. The van der Waals surface area contributed by atoms with Crippen LogP contribution in [-0.2, 0) is 6.42 Å². The van der Waals surface area contributed by atoms with Crippen molar-refractivity contribution >= 4 is 21.9 Å². The van der Waals surface area contributed by atoms with E-state index in [-0.39, 0.29) is 5.56 Å². The second-order valence-corrected chi connectivity index (χ2v) is 4.81. The number of carboxylic acid groups (broad SMARTS) is 1. The van der Waals surface area contributed by atoms with Crippen LogP contribution in [0.25, 0.3) is 5.69 Å². The fraction of sp³-hybridized carbons (Fsp3) is 0.154. The van der Waals surface area contributed by atoms with Crippen molar-refractivity contribution in [2.45, 2.75) is 13.3 Å². The summed E-state index contributed by atoms with van der Waals surface area (Å²) < 4.78 is 2.10. The van der Waals surface area contributed by atoms with Crippen molar-refractivity contribution in [2.24, 2.45) is 0 Å². The van der Waals surface area contributed by atoms with Crippen LogP contribution in [0, 0.1) is 0 Å². The monoisotopic (exact) mass is 322 g/mol. The van der Waals surface area contributed by atoms with E-state index in [9.17, 15) is 9.59 Å². The lowest BCUT2D eigenvalue weighted by molar-refractivity contribution is 0.0694. The first kappa shape index (κ1) is 13.5. The highest BCUT2D eigenvalue weighted by molar-refractivity contribution is 9.10. The van der Waals surface area contributed by atoms with Crippen LogP contribution in [0.5, 0.6) is 0 Å². The second-order valence-electron chi connectivity index (χ2n) is 3.89. The number of carbonyl (C=O) groups is 1. The molecule has 0 aliphatic carbocycles. The number of nitrogens with zero attached hydrogens (tertiary/aromatic N) is 2. The molecule has 0 saturated heterocycles. The summed E-state index contributed by atoms with van der Waals surface area (Å²) in [6.07, 6.45) is 0.443. The number of aryl methyl sites for hydroxylation is 1. The zero-order valence-corrected chi connectivity index (χ0v) is 11.7. The largest absolute Gasteiger partial charge is 0.478 e. The molecule has 0 amide bonds. The highest BCUT2D eigenvalue weighted by Gasteiger charge is 2.14. The van der Waals surface area contributed by atoms with Crippen molar-refractivity contribution in [1.29, 1.82) is 0 Å². The fourth-order valence-electron chi connectivity index (χ4n) is 1.71. The highest BCUT2D eigenvalue weighted by atomic mass is 79.9. The number of benzene rings is 1. The smallest absolute Gasteiger partial charge is 0.337 e. The molecule has 2 aromatic rings. The van der Waals surface area contributed by atoms with E-state index in [0.29, 0.717) is 17.8 Å². The standard InChI is InChI=1S/C13H11BrN2O3/c1-2-11-10(13(18)19)7-12(17)16(15-11)9-5-3-8(14)4-6-9/h3-7H,2H2,1H3,(H,18,19). The molecule has 0 spiro atoms. The molecule has 0 radical (unpaired) electrons. The van der Waals surface area contributed by atoms with Crippen molar-refractivity contribution < 1.29 is 9.90 Å². The SMILES string of the molecule is CCc1nn(-c2ccc(Br)cc2)c(=O)cc1C(=O)O. The third-order valence-corrected chi connectivity index (χ3v) is 3.17. The van der Waals surface area contributed by atoms with Crippen molar-refractivity contribution in [3.05, 3.63) is 56.4 Å². The Balaban J connectivity index is 2.62. The maximum Gasteiger partial charge on any atom is 0.337 e. The molecule has 2 rings (SSSR count). The van der Waals surface area contributed by atoms with Gasteiger partial charge in [-0.25, -0.2) is 4.79 Å². The molecule has 0 aliphatic heterocycles. The third-order valence-electron chi connectivity index (χ3n) is 2.64. The third kappa shape index (κ3) is 2.73. The second kappa shape index (κ2) is 5.36. The number of hydrogen-bond donors (Lipinski definition) is 1. The van der Waals surface area contributed by atoms with Crippen LogP contribution in [0.4, 0.5) is 0 Å². The van der Waals surface area contributed by atoms with E-state index in [2.05, 4.69) is 21.0 Å². The zero-order valence-electron chi connectivity index (χ0n) is 10.1. The van der Waals surface area contributed by atoms with Gasteiger partial charge in [0.2, 0.25) is 0 Å². The van der Waals surface area contributed by atoms with Crippen LogP contribution in [0.15, 0.2) is 39.6 Å². The normalized spacial score (nSPS) is 10.4. The van der Waals surface area contributed by atoms with Gasteiger partial charge in [0.15, 0.2) is 0 Å². The molecule has 5 nitrogen and oxygen atoms in total. The molecule has 0 bridgehead atoms. The van der Waals surface area contributed by atoms with Gasteiger partial charge in [0.25, 0.3) is 5.56 Å². The Morgan fingerprint density at radius 3 is 2.53 bits per heavy atom. The Morgan fingerprint density at radius 2 is 2.00 bits per heavy atom. The number of carboxylic acids is 1. The maximum atomic E-state index is 11.9. The van der Waals surface area contributed by atoms with E-state index >= 15 is 0 Å². The molecule has 0 aliphatic rings. The van der Waals surface area contributed by atoms with E-state index in [1.807, 2.05) is 0 Å². The van der Waals surface area contributed by atoms with Gasteiger partial charge in [-0.1, -0.05) is 22.9 Å². The van der Waals surface area contributed by atoms with Crippen molar-refractivity contribution in [3.8, 4) is 5.69 Å². The Morgan fingerprint density at radius 1 is 1.37 bits per heavy atom. The van der Waals surface area contributed by atoms with Gasteiger partial charge in [0.1, 0.15) is 0 Å². The lowest BCUT2D eigenvalue weighted by Crippen LogP contribution is -2.24. The maximum absolute atomic E-state index is 11.9. The van der Waals surface area contributed by atoms with Crippen LogP contribution < -0.4 is 5.56 Å². The van der Waals surface area contributed by atoms with Gasteiger partial charge in [0.05, 0.1) is 16.9 Å². The first-order chi connectivity index (χ1) is 9.02. The minimum Gasteiger partial charge on any atom is -0.478 e. The summed E-state index contributed by atoms with van der Waals surface area (Å²) in [5.74, 6) is -1.13. The first-order valence-electron chi connectivity index (χ1n) is 5.65. The molecule has 0 atom stereocenters. The topological polar surface area (TPSA) is 72.2 Å². The lowest BCUT2D eigenvalue weighted by atomic mass is 10.2. The average Bonchev–Trinajstić information content (AvgIpc) is 2.39. The van der Waals surface area contributed by atoms with E-state index < -0.39 is 11.5 Å². The number of aromatic nitrogens is 2. The Hall–Kier alpha value is -1.95. The molecule has 1 heterocycles. The molecule has 1 aromatic carbocycles. The van der Waals surface area contributed by atoms with Gasteiger partial charge in [-0.05, 0) is 30.7 Å². The quantitative estimate of drug-likeness (QED) is 0.940. The number of hydrogen-bond acceptors (Lipinski definition) is 3. The van der Waals surface area contributed by atoms with Crippen LogP contribution >= 0.6 is 15.9 Å². The van der Waals surface area contributed by atoms with Crippen LogP contribution in [0.2, 0.25) is 0 Å². The molecule has 6 heteroatoms. The van der Waals surface area contributed by atoms with Gasteiger partial charge in [-0.2, -0.15) is 9.78 Å². The predicted octanol–water partition coefficient (Wildman–Crippen LogP) is 2.26. The summed E-state index contributed by atoms with van der Waals surface area (Å²) in [5.41, 5.74) is 0.479. The Bertz CT molecular complexity index is 677. The molecule has 0 fully saturated rings.